The van der Waals surface area contributed by atoms with Crippen molar-refractivity contribution < 1.29 is 23.8 Å². The van der Waals surface area contributed by atoms with E-state index in [0.717, 1.165) is 0 Å². The van der Waals surface area contributed by atoms with Gasteiger partial charge in [-0.1, -0.05) is 0 Å². The highest BCUT2D eigenvalue weighted by Crippen LogP contribution is 2.12. The Morgan fingerprint density at radius 3 is 1.92 bits per heavy atom. The molecule has 70 valence electrons. The molecule has 0 heterocycles. The Balaban J connectivity index is 4.32. The summed E-state index contributed by atoms with van der Waals surface area (Å²) in [4.78, 5) is 21.1. The number of carbonyl (C=O) groups excluding carboxylic acids is 2. The summed E-state index contributed by atoms with van der Waals surface area (Å²) < 4.78 is 13.3. The summed E-state index contributed by atoms with van der Waals surface area (Å²) in [6.07, 6.45) is 0. The molecule has 6 heteroatoms. The number of rotatable bonds is 3. The van der Waals surface area contributed by atoms with Gasteiger partial charge < -0.3 is 14.2 Å². The summed E-state index contributed by atoms with van der Waals surface area (Å²) in [5.41, 5.74) is -1.22. The molecule has 0 aromatic carbocycles. The highest BCUT2D eigenvalue weighted by molar-refractivity contribution is 6.61. The lowest BCUT2D eigenvalue weighted by Gasteiger charge is -2.22. The number of ether oxygens (including phenoxy) is 3. The smallest absolute Gasteiger partial charge is 0.377 e. The van der Waals surface area contributed by atoms with Crippen molar-refractivity contribution >= 4 is 23.0 Å². The average Bonchev–Trinajstić information content (AvgIpc) is 2.02. The molecule has 0 aromatic rings. The minimum absolute atomic E-state index is 0.993. The summed E-state index contributed by atoms with van der Waals surface area (Å²) in [7, 11) is 2.48. The van der Waals surface area contributed by atoms with Crippen molar-refractivity contribution in [3.63, 3.8) is 0 Å². The molecule has 0 aliphatic heterocycles. The molecule has 0 N–H and O–H groups in total. The first kappa shape index (κ1) is 11.4. The number of methoxy groups -OCH3 is 2. The number of esters is 1. The molecule has 0 aliphatic carbocycles. The van der Waals surface area contributed by atoms with Gasteiger partial charge in [0, 0.05) is 32.7 Å². The molecule has 0 saturated heterocycles. The molecular formula is C6H9ClO5. The molecule has 0 amide bonds. The molecule has 0 spiro atoms. The molecule has 0 fully saturated rings. The zero-order valence-electron chi connectivity index (χ0n) is 6.92. The van der Waals surface area contributed by atoms with E-state index in [4.69, 9.17) is 11.6 Å². The second-order valence-corrected chi connectivity index (χ2v) is 2.29. The van der Waals surface area contributed by atoms with Gasteiger partial charge in [-0.3, -0.25) is 0 Å². The Kier molecular flexibility index (Phi) is 4.16. The van der Waals surface area contributed by atoms with Crippen LogP contribution < -0.4 is 0 Å². The van der Waals surface area contributed by atoms with Crippen LogP contribution in [0.15, 0.2) is 0 Å². The van der Waals surface area contributed by atoms with E-state index in [9.17, 15) is 9.59 Å². The molecule has 0 radical (unpaired) electrons. The van der Waals surface area contributed by atoms with E-state index in [2.05, 4.69) is 14.2 Å². The van der Waals surface area contributed by atoms with E-state index in [0.29, 0.717) is 0 Å². The largest absolute Gasteiger partial charge is 0.411 e. The van der Waals surface area contributed by atoms with Crippen LogP contribution in [0.1, 0.15) is 6.92 Å². The fourth-order valence-corrected chi connectivity index (χ4v) is 0.486. The number of carbonyl (C=O) groups is 2. The van der Waals surface area contributed by atoms with Crippen LogP contribution >= 0.6 is 11.6 Å². The summed E-state index contributed by atoms with van der Waals surface area (Å²) in [5.74, 6) is -2.59. The number of hydrogen-bond acceptors (Lipinski definition) is 5. The van der Waals surface area contributed by atoms with Gasteiger partial charge in [-0.25, -0.2) is 9.59 Å². The molecule has 0 saturated carbocycles. The lowest BCUT2D eigenvalue weighted by atomic mass is 10.3. The van der Waals surface area contributed by atoms with Crippen molar-refractivity contribution in [1.82, 2.24) is 0 Å². The Bertz CT molecular complexity index is 186. The minimum Gasteiger partial charge on any atom is -0.377 e. The molecule has 0 aliphatic rings. The lowest BCUT2D eigenvalue weighted by Crippen LogP contribution is -2.41. The summed E-state index contributed by atoms with van der Waals surface area (Å²) in [6.45, 7) is 1.30. The van der Waals surface area contributed by atoms with Crippen molar-refractivity contribution in [3.05, 3.63) is 0 Å². The van der Waals surface area contributed by atoms with E-state index in [1.54, 1.807) is 0 Å². The van der Waals surface area contributed by atoms with Crippen LogP contribution in [0.5, 0.6) is 0 Å². The fourth-order valence-electron chi connectivity index (χ4n) is 0.416. The quantitative estimate of drug-likeness (QED) is 0.290. The zero-order valence-corrected chi connectivity index (χ0v) is 7.68. The molecule has 0 unspecified atom stereocenters. The van der Waals surface area contributed by atoms with Crippen molar-refractivity contribution in [2.75, 3.05) is 14.2 Å². The topological polar surface area (TPSA) is 61.8 Å². The minimum atomic E-state index is -1.59. The predicted octanol–water partition coefficient (Wildman–Crippen LogP) is 0.897. The maximum absolute atomic E-state index is 11.0. The van der Waals surface area contributed by atoms with Crippen LogP contribution in [0.25, 0.3) is 0 Å². The first-order chi connectivity index (χ1) is 5.46. The molecule has 0 atom stereocenters. The zero-order chi connectivity index (χ0) is 9.78. The van der Waals surface area contributed by atoms with Crippen LogP contribution in [0.2, 0.25) is 0 Å². The molecule has 0 aromatic heterocycles. The molecule has 0 bridgehead atoms. The van der Waals surface area contributed by atoms with Gasteiger partial charge in [-0.05, 0) is 0 Å². The SMILES string of the molecule is COC(C)(OC)C(=O)OC(=O)Cl. The lowest BCUT2D eigenvalue weighted by molar-refractivity contribution is -0.216. The van der Waals surface area contributed by atoms with Gasteiger partial charge >= 0.3 is 11.4 Å². The predicted molar refractivity (Wildman–Crippen MR) is 39.8 cm³/mol. The Hall–Kier alpha value is -0.650. The average molecular weight is 197 g/mol. The van der Waals surface area contributed by atoms with Crippen LogP contribution in [0.3, 0.4) is 0 Å². The van der Waals surface area contributed by atoms with Crippen molar-refractivity contribution in [1.29, 1.82) is 0 Å². The van der Waals surface area contributed by atoms with Gasteiger partial charge in [0.1, 0.15) is 0 Å². The summed E-state index contributed by atoms with van der Waals surface area (Å²) >= 11 is 4.80. The summed E-state index contributed by atoms with van der Waals surface area (Å²) in [6, 6.07) is 0. The third-order valence-corrected chi connectivity index (χ3v) is 1.40. The van der Waals surface area contributed by atoms with Crippen LogP contribution in [-0.2, 0) is 19.0 Å². The van der Waals surface area contributed by atoms with Gasteiger partial charge in [-0.15, -0.1) is 0 Å². The third-order valence-electron chi connectivity index (χ3n) is 1.32. The van der Waals surface area contributed by atoms with Crippen molar-refractivity contribution in [3.8, 4) is 0 Å². The van der Waals surface area contributed by atoms with Crippen LogP contribution in [0.4, 0.5) is 4.79 Å². The second kappa shape index (κ2) is 4.39. The third kappa shape index (κ3) is 2.77. The van der Waals surface area contributed by atoms with Gasteiger partial charge in [0.05, 0.1) is 0 Å². The van der Waals surface area contributed by atoms with Gasteiger partial charge in [0.25, 0.3) is 5.79 Å². The monoisotopic (exact) mass is 196 g/mol. The maximum atomic E-state index is 11.0. The first-order valence-corrected chi connectivity index (χ1v) is 3.36. The molecule has 5 nitrogen and oxygen atoms in total. The van der Waals surface area contributed by atoms with Gasteiger partial charge in [0.2, 0.25) is 0 Å². The second-order valence-electron chi connectivity index (χ2n) is 1.98. The Morgan fingerprint density at radius 2 is 1.67 bits per heavy atom. The highest BCUT2D eigenvalue weighted by Gasteiger charge is 2.36. The standard InChI is InChI=1S/C6H9ClO5/c1-6(10-2,11-3)4(8)12-5(7)9/h1-3H3. The van der Waals surface area contributed by atoms with E-state index in [1.165, 1.54) is 21.1 Å². The van der Waals surface area contributed by atoms with Crippen LogP contribution in [-0.4, -0.2) is 31.4 Å². The highest BCUT2D eigenvalue weighted by atomic mass is 35.5. The van der Waals surface area contributed by atoms with Crippen molar-refractivity contribution in [2.45, 2.75) is 12.7 Å². The number of halogens is 1. The fraction of sp³-hybridized carbons (Fsp3) is 0.667. The molecule has 0 rings (SSSR count). The Labute approximate surface area is 74.5 Å². The maximum Gasteiger partial charge on any atom is 0.411 e. The van der Waals surface area contributed by atoms with Crippen molar-refractivity contribution in [2.24, 2.45) is 0 Å². The normalized spacial score (nSPS) is 11.0. The summed E-state index contributed by atoms with van der Waals surface area (Å²) in [5, 5.41) is 0. The molecule has 12 heavy (non-hydrogen) atoms. The van der Waals surface area contributed by atoms with Gasteiger partial charge in [0.15, 0.2) is 0 Å². The van der Waals surface area contributed by atoms with E-state index in [-0.39, 0.29) is 0 Å². The van der Waals surface area contributed by atoms with E-state index >= 15 is 0 Å². The van der Waals surface area contributed by atoms with E-state index in [1.807, 2.05) is 0 Å². The number of hydrogen-bond donors (Lipinski definition) is 0. The van der Waals surface area contributed by atoms with Gasteiger partial charge in [-0.2, -0.15) is 0 Å². The van der Waals surface area contributed by atoms with Crippen LogP contribution in [0, 0.1) is 0 Å². The molecular weight excluding hydrogens is 188 g/mol. The Morgan fingerprint density at radius 1 is 1.25 bits per heavy atom. The first-order valence-electron chi connectivity index (χ1n) is 2.98. The van der Waals surface area contributed by atoms with E-state index < -0.39 is 17.2 Å².